The normalized spacial score (nSPS) is 18.8. The van der Waals surface area contributed by atoms with E-state index in [4.69, 9.17) is 4.98 Å². The first kappa shape index (κ1) is 13.1. The van der Waals surface area contributed by atoms with Crippen LogP contribution in [0.1, 0.15) is 30.1 Å². The highest BCUT2D eigenvalue weighted by Gasteiger charge is 2.16. The first-order chi connectivity index (χ1) is 9.81. The summed E-state index contributed by atoms with van der Waals surface area (Å²) in [6.07, 6.45) is 2.44. The first-order valence-corrected chi connectivity index (χ1v) is 7.19. The van der Waals surface area contributed by atoms with Crippen LogP contribution in [-0.4, -0.2) is 23.1 Å². The van der Waals surface area contributed by atoms with E-state index in [0.29, 0.717) is 5.92 Å². The van der Waals surface area contributed by atoms with Gasteiger partial charge in [-0.1, -0.05) is 12.1 Å². The molecule has 0 amide bonds. The molecular weight excluding hydrogens is 248 g/mol. The largest absolute Gasteiger partial charge is 0.325 e. The maximum absolute atomic E-state index is 4.73. The van der Waals surface area contributed by atoms with Crippen molar-refractivity contribution < 1.29 is 0 Å². The Morgan fingerprint density at radius 1 is 1.10 bits per heavy atom. The molecule has 20 heavy (non-hydrogen) atoms. The number of piperidine rings is 1. The fourth-order valence-electron chi connectivity index (χ4n) is 2.60. The molecule has 2 N–H and O–H groups in total. The summed E-state index contributed by atoms with van der Waals surface area (Å²) in [5.74, 6) is 2.23. The van der Waals surface area contributed by atoms with Crippen molar-refractivity contribution >= 4 is 11.6 Å². The maximum atomic E-state index is 4.73. The molecule has 0 aliphatic carbocycles. The van der Waals surface area contributed by atoms with Crippen LogP contribution in [0, 0.1) is 6.92 Å². The fraction of sp³-hybridized carbons (Fsp3) is 0.375. The molecule has 0 unspecified atom stereocenters. The molecule has 0 saturated carbocycles. The second kappa shape index (κ2) is 6.01. The van der Waals surface area contributed by atoms with Crippen molar-refractivity contribution in [3.05, 3.63) is 47.8 Å². The van der Waals surface area contributed by atoms with Gasteiger partial charge in [0.05, 0.1) is 0 Å². The van der Waals surface area contributed by atoms with E-state index in [1.807, 2.05) is 31.2 Å². The highest BCUT2D eigenvalue weighted by molar-refractivity contribution is 5.51. The third-order valence-corrected chi connectivity index (χ3v) is 3.63. The zero-order valence-electron chi connectivity index (χ0n) is 11.8. The second-order valence-electron chi connectivity index (χ2n) is 5.28. The molecule has 1 aliphatic heterocycles. The zero-order chi connectivity index (χ0) is 13.8. The smallest absolute Gasteiger partial charge is 0.131 e. The van der Waals surface area contributed by atoms with E-state index < -0.39 is 0 Å². The molecule has 1 atom stereocenters. The van der Waals surface area contributed by atoms with Crippen LogP contribution in [0.2, 0.25) is 0 Å². The van der Waals surface area contributed by atoms with Crippen LogP contribution in [-0.2, 0) is 0 Å². The molecule has 4 nitrogen and oxygen atoms in total. The molecule has 3 heterocycles. The number of hydrogen-bond donors (Lipinski definition) is 2. The van der Waals surface area contributed by atoms with Gasteiger partial charge in [0.15, 0.2) is 0 Å². The predicted molar refractivity (Wildman–Crippen MR) is 81.3 cm³/mol. The van der Waals surface area contributed by atoms with Crippen molar-refractivity contribution in [2.24, 2.45) is 0 Å². The first-order valence-electron chi connectivity index (χ1n) is 7.19. The molecule has 104 valence electrons. The highest BCUT2D eigenvalue weighted by Crippen LogP contribution is 2.23. The third kappa shape index (κ3) is 3.14. The monoisotopic (exact) mass is 268 g/mol. The highest BCUT2D eigenvalue weighted by atomic mass is 15.1. The van der Waals surface area contributed by atoms with Crippen molar-refractivity contribution in [2.75, 3.05) is 18.4 Å². The van der Waals surface area contributed by atoms with E-state index >= 15 is 0 Å². The third-order valence-electron chi connectivity index (χ3n) is 3.63. The SMILES string of the molecule is Cc1cccc(Nc2cccc([C@@H]3CCCNC3)n2)n1. The lowest BCUT2D eigenvalue weighted by Gasteiger charge is -2.22. The van der Waals surface area contributed by atoms with Crippen molar-refractivity contribution in [3.63, 3.8) is 0 Å². The number of aryl methyl sites for hydroxylation is 1. The van der Waals surface area contributed by atoms with Gasteiger partial charge in [0.1, 0.15) is 11.6 Å². The van der Waals surface area contributed by atoms with Gasteiger partial charge in [0.25, 0.3) is 0 Å². The minimum Gasteiger partial charge on any atom is -0.325 e. The Kier molecular flexibility index (Phi) is 3.92. The number of nitrogens with one attached hydrogen (secondary N) is 2. The summed E-state index contributed by atoms with van der Waals surface area (Å²) in [7, 11) is 0. The van der Waals surface area contributed by atoms with Crippen molar-refractivity contribution in [3.8, 4) is 0 Å². The number of pyridine rings is 2. The standard InChI is InChI=1S/C16H20N4/c1-12-5-2-8-15(18-12)20-16-9-3-7-14(19-16)13-6-4-10-17-11-13/h2-3,5,7-9,13,17H,4,6,10-11H2,1H3,(H,18,19,20)/t13-/m1/s1. The Morgan fingerprint density at radius 3 is 2.65 bits per heavy atom. The fourth-order valence-corrected chi connectivity index (χ4v) is 2.60. The Balaban J connectivity index is 1.77. The lowest BCUT2D eigenvalue weighted by atomic mass is 9.96. The lowest BCUT2D eigenvalue weighted by molar-refractivity contribution is 0.455. The molecule has 1 fully saturated rings. The van der Waals surface area contributed by atoms with Gasteiger partial charge in [0.2, 0.25) is 0 Å². The molecule has 0 radical (unpaired) electrons. The number of hydrogen-bond acceptors (Lipinski definition) is 4. The van der Waals surface area contributed by atoms with Gasteiger partial charge in [-0.2, -0.15) is 0 Å². The van der Waals surface area contributed by atoms with Crippen LogP contribution >= 0.6 is 0 Å². The van der Waals surface area contributed by atoms with Gasteiger partial charge >= 0.3 is 0 Å². The van der Waals surface area contributed by atoms with E-state index in [2.05, 4.69) is 27.8 Å². The van der Waals surface area contributed by atoms with Crippen LogP contribution in [0.15, 0.2) is 36.4 Å². The number of anilines is 2. The van der Waals surface area contributed by atoms with Gasteiger partial charge < -0.3 is 10.6 Å². The topological polar surface area (TPSA) is 49.8 Å². The number of aromatic nitrogens is 2. The van der Waals surface area contributed by atoms with Gasteiger partial charge in [-0.15, -0.1) is 0 Å². The second-order valence-corrected chi connectivity index (χ2v) is 5.28. The molecule has 2 aromatic rings. The van der Waals surface area contributed by atoms with Crippen LogP contribution in [0.5, 0.6) is 0 Å². The van der Waals surface area contributed by atoms with Crippen molar-refractivity contribution in [1.82, 2.24) is 15.3 Å². The molecule has 1 saturated heterocycles. The lowest BCUT2D eigenvalue weighted by Crippen LogP contribution is -2.28. The molecule has 1 aliphatic rings. The zero-order valence-corrected chi connectivity index (χ0v) is 11.8. The summed E-state index contributed by atoms with van der Waals surface area (Å²) in [5, 5.41) is 6.72. The van der Waals surface area contributed by atoms with Crippen molar-refractivity contribution in [1.29, 1.82) is 0 Å². The summed E-state index contributed by atoms with van der Waals surface area (Å²) >= 11 is 0. The molecule has 2 aromatic heterocycles. The summed E-state index contributed by atoms with van der Waals surface area (Å²) in [6.45, 7) is 4.14. The molecule has 0 bridgehead atoms. The average molecular weight is 268 g/mol. The van der Waals surface area contributed by atoms with E-state index in [-0.39, 0.29) is 0 Å². The van der Waals surface area contributed by atoms with Crippen molar-refractivity contribution in [2.45, 2.75) is 25.7 Å². The minimum atomic E-state index is 0.524. The molecular formula is C16H20N4. The Bertz CT molecular complexity index is 576. The summed E-state index contributed by atoms with van der Waals surface area (Å²) in [4.78, 5) is 9.18. The van der Waals surface area contributed by atoms with E-state index in [1.54, 1.807) is 0 Å². The van der Waals surface area contributed by atoms with Gasteiger partial charge in [-0.05, 0) is 50.6 Å². The average Bonchev–Trinajstić information content (AvgIpc) is 2.48. The van der Waals surface area contributed by atoms with E-state index in [0.717, 1.165) is 36.1 Å². The maximum Gasteiger partial charge on any atom is 0.131 e. The van der Waals surface area contributed by atoms with Gasteiger partial charge in [0, 0.05) is 23.9 Å². The van der Waals surface area contributed by atoms with Gasteiger partial charge in [-0.3, -0.25) is 0 Å². The Morgan fingerprint density at radius 2 is 1.90 bits per heavy atom. The van der Waals surface area contributed by atoms with Crippen LogP contribution in [0.3, 0.4) is 0 Å². The minimum absolute atomic E-state index is 0.524. The molecule has 3 rings (SSSR count). The molecule has 4 heteroatoms. The number of rotatable bonds is 3. The molecule has 0 aromatic carbocycles. The summed E-state index contributed by atoms with van der Waals surface area (Å²) < 4.78 is 0. The van der Waals surface area contributed by atoms with Crippen LogP contribution < -0.4 is 10.6 Å². The number of nitrogens with zero attached hydrogens (tertiary/aromatic N) is 2. The Labute approximate surface area is 119 Å². The predicted octanol–water partition coefficient (Wildman–Crippen LogP) is 3.00. The van der Waals surface area contributed by atoms with Crippen LogP contribution in [0.4, 0.5) is 11.6 Å². The quantitative estimate of drug-likeness (QED) is 0.898. The summed E-state index contributed by atoms with van der Waals surface area (Å²) in [5.41, 5.74) is 2.16. The Hall–Kier alpha value is -1.94. The summed E-state index contributed by atoms with van der Waals surface area (Å²) in [6, 6.07) is 12.1. The van der Waals surface area contributed by atoms with Crippen LogP contribution in [0.25, 0.3) is 0 Å². The van der Waals surface area contributed by atoms with Gasteiger partial charge in [-0.25, -0.2) is 9.97 Å². The molecule has 0 spiro atoms. The van der Waals surface area contributed by atoms with E-state index in [1.165, 1.54) is 12.8 Å². The van der Waals surface area contributed by atoms with E-state index in [9.17, 15) is 0 Å².